The second-order valence-corrected chi connectivity index (χ2v) is 7.31. The fourth-order valence-corrected chi connectivity index (χ4v) is 4.02. The molecule has 0 unspecified atom stereocenters. The molecule has 0 amide bonds. The van der Waals surface area contributed by atoms with Crippen molar-refractivity contribution in [3.8, 4) is 0 Å². The molecule has 0 atom stereocenters. The molecule has 5 nitrogen and oxygen atoms in total. The number of aryl methyl sites for hydroxylation is 1. The summed E-state index contributed by atoms with van der Waals surface area (Å²) < 4.78 is 69.7. The summed E-state index contributed by atoms with van der Waals surface area (Å²) in [6.45, 7) is 1.56. The molecule has 2 rings (SSSR count). The number of benzene rings is 1. The van der Waals surface area contributed by atoms with Gasteiger partial charge in [-0.1, -0.05) is 6.07 Å². The average Bonchev–Trinajstić information content (AvgIpc) is 2.86. The molecule has 0 spiro atoms. The molecular formula is C14H12F3NO4S2. The van der Waals surface area contributed by atoms with Gasteiger partial charge >= 0.3 is 12.1 Å². The van der Waals surface area contributed by atoms with E-state index in [2.05, 4.69) is 9.46 Å². The summed E-state index contributed by atoms with van der Waals surface area (Å²) in [4.78, 5) is 11.1. The Labute approximate surface area is 140 Å². The lowest BCUT2D eigenvalue weighted by Crippen LogP contribution is -2.16. The molecule has 0 aliphatic carbocycles. The average molecular weight is 379 g/mol. The van der Waals surface area contributed by atoms with E-state index in [-0.39, 0.29) is 10.6 Å². The molecule has 0 bridgehead atoms. The maximum atomic E-state index is 12.7. The highest BCUT2D eigenvalue weighted by atomic mass is 32.2. The van der Waals surface area contributed by atoms with Gasteiger partial charge in [-0.2, -0.15) is 13.2 Å². The number of hydrogen-bond acceptors (Lipinski definition) is 5. The largest absolute Gasteiger partial charge is 0.465 e. The molecule has 0 radical (unpaired) electrons. The fourth-order valence-electron chi connectivity index (χ4n) is 1.85. The van der Waals surface area contributed by atoms with Crippen LogP contribution in [0.2, 0.25) is 0 Å². The van der Waals surface area contributed by atoms with E-state index < -0.39 is 32.6 Å². The van der Waals surface area contributed by atoms with E-state index in [1.165, 1.54) is 5.38 Å². The zero-order valence-corrected chi connectivity index (χ0v) is 14.1. The van der Waals surface area contributed by atoms with E-state index in [0.29, 0.717) is 11.6 Å². The SMILES string of the molecule is COC(=O)c1scc(C)c1NS(=O)(=O)c1cccc(C(F)(F)F)c1. The normalized spacial score (nSPS) is 12.0. The Morgan fingerprint density at radius 2 is 1.96 bits per heavy atom. The standard InChI is InChI=1S/C14H12F3NO4S2/c1-8-7-23-12(13(19)22-2)11(8)18-24(20,21)10-5-3-4-9(6-10)14(15,16)17/h3-7,18H,1-2H3. The van der Waals surface area contributed by atoms with Gasteiger partial charge in [-0.25, -0.2) is 13.2 Å². The van der Waals surface area contributed by atoms with Gasteiger partial charge in [-0.05, 0) is 36.1 Å². The van der Waals surface area contributed by atoms with Crippen LogP contribution >= 0.6 is 11.3 Å². The third-order valence-corrected chi connectivity index (χ3v) is 5.48. The highest BCUT2D eigenvalue weighted by Gasteiger charge is 2.32. The van der Waals surface area contributed by atoms with Crippen molar-refractivity contribution in [3.63, 3.8) is 0 Å². The third-order valence-electron chi connectivity index (χ3n) is 3.05. The number of carbonyl (C=O) groups excluding carboxylic acids is 1. The number of alkyl halides is 3. The number of hydrogen-bond donors (Lipinski definition) is 1. The Kier molecular flexibility index (Phi) is 4.90. The Morgan fingerprint density at radius 3 is 2.54 bits per heavy atom. The van der Waals surface area contributed by atoms with Gasteiger partial charge in [0.2, 0.25) is 0 Å². The van der Waals surface area contributed by atoms with Crippen LogP contribution in [-0.4, -0.2) is 21.5 Å². The van der Waals surface area contributed by atoms with Crippen LogP contribution in [0.15, 0.2) is 34.5 Å². The van der Waals surface area contributed by atoms with E-state index in [9.17, 15) is 26.4 Å². The highest BCUT2D eigenvalue weighted by Crippen LogP contribution is 2.33. The maximum Gasteiger partial charge on any atom is 0.416 e. The minimum absolute atomic E-state index is 0.00994. The summed E-state index contributed by atoms with van der Waals surface area (Å²) >= 11 is 0.971. The van der Waals surface area contributed by atoms with Crippen molar-refractivity contribution >= 4 is 33.0 Å². The van der Waals surface area contributed by atoms with Gasteiger partial charge in [0.1, 0.15) is 4.88 Å². The predicted molar refractivity (Wildman–Crippen MR) is 82.6 cm³/mol. The maximum absolute atomic E-state index is 12.7. The predicted octanol–water partition coefficient (Wildman–Crippen LogP) is 3.66. The minimum Gasteiger partial charge on any atom is -0.465 e. The zero-order chi connectivity index (χ0) is 18.1. The molecule has 1 N–H and O–H groups in total. The number of methoxy groups -OCH3 is 1. The lowest BCUT2D eigenvalue weighted by Gasteiger charge is -2.12. The molecule has 0 aliphatic rings. The smallest absolute Gasteiger partial charge is 0.416 e. The van der Waals surface area contributed by atoms with E-state index >= 15 is 0 Å². The van der Waals surface area contributed by atoms with Crippen molar-refractivity contribution in [1.29, 1.82) is 0 Å². The number of anilines is 1. The van der Waals surface area contributed by atoms with Crippen molar-refractivity contribution in [1.82, 2.24) is 0 Å². The molecule has 24 heavy (non-hydrogen) atoms. The van der Waals surface area contributed by atoms with Gasteiger partial charge in [-0.15, -0.1) is 11.3 Å². The fraction of sp³-hybridized carbons (Fsp3) is 0.214. The van der Waals surface area contributed by atoms with Gasteiger partial charge in [0.05, 0.1) is 23.3 Å². The zero-order valence-electron chi connectivity index (χ0n) is 12.5. The topological polar surface area (TPSA) is 72.5 Å². The Bertz CT molecular complexity index is 872. The van der Waals surface area contributed by atoms with Crippen LogP contribution in [0, 0.1) is 6.92 Å². The van der Waals surface area contributed by atoms with Crippen molar-refractivity contribution in [2.24, 2.45) is 0 Å². The first-order valence-electron chi connectivity index (χ1n) is 6.42. The number of thiophene rings is 1. The number of carbonyl (C=O) groups is 1. The molecule has 1 heterocycles. The molecule has 130 valence electrons. The van der Waals surface area contributed by atoms with E-state index in [1.54, 1.807) is 6.92 Å². The second kappa shape index (κ2) is 6.44. The molecular weight excluding hydrogens is 367 g/mol. The molecule has 2 aromatic rings. The molecule has 0 saturated heterocycles. The Hall–Kier alpha value is -2.07. The first-order valence-corrected chi connectivity index (χ1v) is 8.79. The van der Waals surface area contributed by atoms with Crippen LogP contribution in [0.5, 0.6) is 0 Å². The van der Waals surface area contributed by atoms with Crippen LogP contribution in [0.3, 0.4) is 0 Å². The quantitative estimate of drug-likeness (QED) is 0.823. The molecule has 1 aromatic heterocycles. The van der Waals surface area contributed by atoms with Crippen LogP contribution in [0.25, 0.3) is 0 Å². The van der Waals surface area contributed by atoms with Crippen LogP contribution in [0.4, 0.5) is 18.9 Å². The first-order chi connectivity index (χ1) is 11.1. The van der Waals surface area contributed by atoms with E-state index in [0.717, 1.165) is 36.6 Å². The highest BCUT2D eigenvalue weighted by molar-refractivity contribution is 7.92. The summed E-state index contributed by atoms with van der Waals surface area (Å²) in [6, 6.07) is 3.34. The van der Waals surface area contributed by atoms with Gasteiger partial charge in [0.15, 0.2) is 0 Å². The lowest BCUT2D eigenvalue weighted by atomic mass is 10.2. The van der Waals surface area contributed by atoms with Gasteiger partial charge < -0.3 is 4.74 Å². The van der Waals surface area contributed by atoms with Gasteiger partial charge in [0.25, 0.3) is 10.0 Å². The Balaban J connectivity index is 2.44. The monoisotopic (exact) mass is 379 g/mol. The summed E-state index contributed by atoms with van der Waals surface area (Å²) in [7, 11) is -3.16. The van der Waals surface area contributed by atoms with Crippen LogP contribution in [-0.2, 0) is 20.9 Å². The van der Waals surface area contributed by atoms with E-state index in [4.69, 9.17) is 0 Å². The van der Waals surface area contributed by atoms with Crippen molar-refractivity contribution in [3.05, 3.63) is 45.6 Å². The summed E-state index contributed by atoms with van der Waals surface area (Å²) in [5, 5.41) is 1.54. The minimum atomic E-state index is -4.67. The third kappa shape index (κ3) is 3.70. The number of ether oxygens (including phenoxy) is 1. The van der Waals surface area contributed by atoms with Gasteiger partial charge in [0, 0.05) is 0 Å². The summed E-state index contributed by atoms with van der Waals surface area (Å²) in [5.74, 6) is -0.741. The van der Waals surface area contributed by atoms with Crippen molar-refractivity contribution in [2.45, 2.75) is 18.0 Å². The number of rotatable bonds is 4. The summed E-state index contributed by atoms with van der Waals surface area (Å²) in [6.07, 6.45) is -4.67. The first kappa shape index (κ1) is 18.3. The summed E-state index contributed by atoms with van der Waals surface area (Å²) in [5.41, 5.74) is -0.638. The van der Waals surface area contributed by atoms with Crippen molar-refractivity contribution < 1.29 is 31.1 Å². The molecule has 10 heteroatoms. The molecule has 0 fully saturated rings. The molecule has 0 aliphatic heterocycles. The number of halogens is 3. The second-order valence-electron chi connectivity index (χ2n) is 4.75. The van der Waals surface area contributed by atoms with Crippen LogP contribution in [0.1, 0.15) is 20.8 Å². The molecule has 1 aromatic carbocycles. The number of sulfonamides is 1. The number of nitrogens with one attached hydrogen (secondary N) is 1. The van der Waals surface area contributed by atoms with Crippen LogP contribution < -0.4 is 4.72 Å². The lowest BCUT2D eigenvalue weighted by molar-refractivity contribution is -0.137. The van der Waals surface area contributed by atoms with Gasteiger partial charge in [-0.3, -0.25) is 4.72 Å². The number of esters is 1. The van der Waals surface area contributed by atoms with E-state index in [1.807, 2.05) is 0 Å². The Morgan fingerprint density at radius 1 is 1.29 bits per heavy atom. The van der Waals surface area contributed by atoms with Crippen molar-refractivity contribution in [2.75, 3.05) is 11.8 Å². The molecule has 0 saturated carbocycles.